The lowest BCUT2D eigenvalue weighted by atomic mass is 9.97. The lowest BCUT2D eigenvalue weighted by Gasteiger charge is -2.32. The summed E-state index contributed by atoms with van der Waals surface area (Å²) in [5.74, 6) is 0.365. The predicted octanol–water partition coefficient (Wildman–Crippen LogP) is 2.16. The first kappa shape index (κ1) is 18.7. The third kappa shape index (κ3) is 5.76. The first-order valence-corrected chi connectivity index (χ1v) is 8.74. The molecule has 2 heterocycles. The summed E-state index contributed by atoms with van der Waals surface area (Å²) in [7, 11) is 0. The predicted molar refractivity (Wildman–Crippen MR) is 94.9 cm³/mol. The minimum atomic E-state index is -0.100. The number of aromatic nitrogens is 1. The molecule has 1 aromatic heterocycles. The molecule has 1 fully saturated rings. The molecule has 6 nitrogen and oxygen atoms in total. The number of nitrogens with zero attached hydrogens (tertiary/aromatic N) is 2. The number of amides is 2. The number of rotatable bonds is 6. The molecule has 1 saturated heterocycles. The average Bonchev–Trinajstić information content (AvgIpc) is 2.55. The minimum Gasteiger partial charge on any atom is -0.356 e. The number of likely N-dealkylation sites (tertiary alicyclic amines) is 1. The molecule has 1 atom stereocenters. The third-order valence-electron chi connectivity index (χ3n) is 4.09. The maximum atomic E-state index is 12.2. The highest BCUT2D eigenvalue weighted by molar-refractivity contribution is 6.32. The second-order valence-electron chi connectivity index (χ2n) is 6.53. The molecule has 1 aliphatic rings. The quantitative estimate of drug-likeness (QED) is 0.769. The van der Waals surface area contributed by atoms with Gasteiger partial charge in [-0.1, -0.05) is 25.4 Å². The van der Waals surface area contributed by atoms with Gasteiger partial charge in [-0.15, -0.1) is 0 Å². The first-order valence-electron chi connectivity index (χ1n) is 8.36. The Labute approximate surface area is 148 Å². The van der Waals surface area contributed by atoms with Crippen LogP contribution in [0.4, 0.5) is 5.69 Å². The molecule has 2 rings (SSSR count). The van der Waals surface area contributed by atoms with Crippen LogP contribution in [-0.2, 0) is 9.59 Å². The summed E-state index contributed by atoms with van der Waals surface area (Å²) >= 11 is 5.95. The fourth-order valence-corrected chi connectivity index (χ4v) is 2.95. The number of nitrogens with one attached hydrogen (secondary N) is 2. The molecule has 1 aromatic rings. The van der Waals surface area contributed by atoms with Crippen molar-refractivity contribution in [3.05, 3.63) is 23.5 Å². The van der Waals surface area contributed by atoms with Crippen LogP contribution in [0.5, 0.6) is 0 Å². The Bertz CT molecular complexity index is 579. The van der Waals surface area contributed by atoms with E-state index in [1.807, 2.05) is 13.8 Å². The van der Waals surface area contributed by atoms with Crippen LogP contribution in [-0.4, -0.2) is 47.9 Å². The number of carbonyl (C=O) groups excluding carboxylic acids is 2. The van der Waals surface area contributed by atoms with E-state index in [9.17, 15) is 9.59 Å². The van der Waals surface area contributed by atoms with Gasteiger partial charge >= 0.3 is 0 Å². The van der Waals surface area contributed by atoms with Crippen molar-refractivity contribution in [2.75, 3.05) is 31.5 Å². The largest absolute Gasteiger partial charge is 0.356 e. The zero-order valence-electron chi connectivity index (χ0n) is 14.2. The lowest BCUT2D eigenvalue weighted by Crippen LogP contribution is -2.44. The molecule has 0 saturated carbocycles. The number of pyridine rings is 1. The molecule has 24 heavy (non-hydrogen) atoms. The Morgan fingerprint density at radius 3 is 2.96 bits per heavy atom. The lowest BCUT2D eigenvalue weighted by molar-refractivity contribution is -0.124. The molecular formula is C17H25ClN4O2. The summed E-state index contributed by atoms with van der Waals surface area (Å²) in [6, 6.07) is 3.46. The third-order valence-corrected chi connectivity index (χ3v) is 4.39. The molecule has 0 spiro atoms. The van der Waals surface area contributed by atoms with Crippen LogP contribution in [0.25, 0.3) is 0 Å². The molecule has 132 valence electrons. The number of piperidine rings is 1. The number of hydrogen-bond acceptors (Lipinski definition) is 4. The SMILES string of the molecule is CC(C)C(=O)NCC1CCCN(CC(=O)Nc2cccnc2Cl)C1. The van der Waals surface area contributed by atoms with Crippen molar-refractivity contribution in [1.82, 2.24) is 15.2 Å². The number of carbonyl (C=O) groups is 2. The molecule has 2 N–H and O–H groups in total. The van der Waals surface area contributed by atoms with E-state index in [-0.39, 0.29) is 17.7 Å². The fourth-order valence-electron chi connectivity index (χ4n) is 2.78. The van der Waals surface area contributed by atoms with Gasteiger partial charge in [0.2, 0.25) is 11.8 Å². The van der Waals surface area contributed by atoms with E-state index in [4.69, 9.17) is 11.6 Å². The van der Waals surface area contributed by atoms with Crippen molar-refractivity contribution >= 4 is 29.1 Å². The van der Waals surface area contributed by atoms with Gasteiger partial charge in [-0.25, -0.2) is 4.98 Å². The molecule has 1 unspecified atom stereocenters. The highest BCUT2D eigenvalue weighted by atomic mass is 35.5. The summed E-state index contributed by atoms with van der Waals surface area (Å²) in [4.78, 5) is 29.9. The van der Waals surface area contributed by atoms with Crippen molar-refractivity contribution in [3.8, 4) is 0 Å². The Balaban J connectivity index is 1.79. The maximum absolute atomic E-state index is 12.2. The normalized spacial score (nSPS) is 18.4. The Kier molecular flexibility index (Phi) is 6.99. The summed E-state index contributed by atoms with van der Waals surface area (Å²) in [5.41, 5.74) is 0.530. The van der Waals surface area contributed by atoms with Gasteiger partial charge in [0.25, 0.3) is 0 Å². The van der Waals surface area contributed by atoms with Crippen molar-refractivity contribution in [1.29, 1.82) is 0 Å². The number of hydrogen-bond donors (Lipinski definition) is 2. The van der Waals surface area contributed by atoms with Crippen molar-refractivity contribution in [3.63, 3.8) is 0 Å². The van der Waals surface area contributed by atoms with Gasteiger partial charge in [-0.3, -0.25) is 14.5 Å². The zero-order valence-corrected chi connectivity index (χ0v) is 15.0. The van der Waals surface area contributed by atoms with Crippen LogP contribution in [0.1, 0.15) is 26.7 Å². The van der Waals surface area contributed by atoms with Crippen LogP contribution in [0.15, 0.2) is 18.3 Å². The minimum absolute atomic E-state index is 0.000276. The molecule has 0 bridgehead atoms. The Hall–Kier alpha value is -1.66. The zero-order chi connectivity index (χ0) is 17.5. The van der Waals surface area contributed by atoms with Crippen LogP contribution >= 0.6 is 11.6 Å². The van der Waals surface area contributed by atoms with E-state index in [0.29, 0.717) is 29.8 Å². The Morgan fingerprint density at radius 1 is 1.46 bits per heavy atom. The maximum Gasteiger partial charge on any atom is 0.238 e. The standard InChI is InChI=1S/C17H25ClN4O2/c1-12(2)17(24)20-9-13-5-4-8-22(10-13)11-15(23)21-14-6-3-7-19-16(14)18/h3,6-7,12-13H,4-5,8-11H2,1-2H3,(H,20,24)(H,21,23). The second kappa shape index (κ2) is 8.99. The summed E-state index contributed by atoms with van der Waals surface area (Å²) in [6.07, 6.45) is 3.69. The summed E-state index contributed by atoms with van der Waals surface area (Å²) in [5, 5.41) is 6.06. The second-order valence-corrected chi connectivity index (χ2v) is 6.89. The van der Waals surface area contributed by atoms with Crippen LogP contribution < -0.4 is 10.6 Å². The van der Waals surface area contributed by atoms with Gasteiger partial charge < -0.3 is 10.6 Å². The van der Waals surface area contributed by atoms with E-state index in [1.165, 1.54) is 0 Å². The monoisotopic (exact) mass is 352 g/mol. The van der Waals surface area contributed by atoms with E-state index in [1.54, 1.807) is 18.3 Å². The van der Waals surface area contributed by atoms with E-state index in [2.05, 4.69) is 20.5 Å². The van der Waals surface area contributed by atoms with Crippen LogP contribution in [0.3, 0.4) is 0 Å². The number of halogens is 1. The van der Waals surface area contributed by atoms with Crippen molar-refractivity contribution in [2.45, 2.75) is 26.7 Å². The van der Waals surface area contributed by atoms with Crippen molar-refractivity contribution < 1.29 is 9.59 Å². The van der Waals surface area contributed by atoms with Gasteiger partial charge in [0, 0.05) is 25.2 Å². The molecule has 7 heteroatoms. The Morgan fingerprint density at radius 2 is 2.25 bits per heavy atom. The van der Waals surface area contributed by atoms with E-state index in [0.717, 1.165) is 25.9 Å². The van der Waals surface area contributed by atoms with E-state index >= 15 is 0 Å². The molecular weight excluding hydrogens is 328 g/mol. The molecule has 0 radical (unpaired) electrons. The first-order chi connectivity index (χ1) is 11.5. The molecule has 2 amide bonds. The van der Waals surface area contributed by atoms with Crippen LogP contribution in [0, 0.1) is 11.8 Å². The summed E-state index contributed by atoms with van der Waals surface area (Å²) < 4.78 is 0. The molecule has 1 aliphatic heterocycles. The fraction of sp³-hybridized carbons (Fsp3) is 0.588. The average molecular weight is 353 g/mol. The van der Waals surface area contributed by atoms with Gasteiger partial charge in [-0.2, -0.15) is 0 Å². The number of anilines is 1. The highest BCUT2D eigenvalue weighted by Gasteiger charge is 2.22. The molecule has 0 aromatic carbocycles. The molecule has 0 aliphatic carbocycles. The van der Waals surface area contributed by atoms with Gasteiger partial charge in [-0.05, 0) is 37.4 Å². The smallest absolute Gasteiger partial charge is 0.238 e. The topological polar surface area (TPSA) is 74.3 Å². The van der Waals surface area contributed by atoms with Crippen LogP contribution in [0.2, 0.25) is 5.15 Å². The summed E-state index contributed by atoms with van der Waals surface area (Å²) in [6.45, 7) is 6.46. The van der Waals surface area contributed by atoms with Crippen molar-refractivity contribution in [2.24, 2.45) is 11.8 Å². The highest BCUT2D eigenvalue weighted by Crippen LogP contribution is 2.18. The van der Waals surface area contributed by atoms with E-state index < -0.39 is 0 Å². The van der Waals surface area contributed by atoms with Gasteiger partial charge in [0.1, 0.15) is 0 Å². The van der Waals surface area contributed by atoms with Gasteiger partial charge in [0.15, 0.2) is 5.15 Å². The van der Waals surface area contributed by atoms with Gasteiger partial charge in [0.05, 0.1) is 12.2 Å².